The molecule has 0 radical (unpaired) electrons. The van der Waals surface area contributed by atoms with Gasteiger partial charge in [-0.05, 0) is 51.1 Å². The second kappa shape index (κ2) is 6.82. The van der Waals surface area contributed by atoms with Gasteiger partial charge >= 0.3 is 0 Å². The minimum atomic E-state index is 0.246. The first-order chi connectivity index (χ1) is 13.0. The predicted octanol–water partition coefficient (Wildman–Crippen LogP) is 3.96. The van der Waals surface area contributed by atoms with E-state index in [1.807, 2.05) is 22.8 Å². The topological polar surface area (TPSA) is 36.7 Å². The SMILES string of the molecule is C=Cc1ccc2ncc(-c3ccc(N4CCN(C(C)(C)C)CC4)cc3)n2n1. The van der Waals surface area contributed by atoms with Gasteiger partial charge < -0.3 is 4.90 Å². The lowest BCUT2D eigenvalue weighted by molar-refractivity contribution is 0.128. The van der Waals surface area contributed by atoms with Crippen LogP contribution in [0.5, 0.6) is 0 Å². The second-order valence-electron chi connectivity index (χ2n) is 8.07. The summed E-state index contributed by atoms with van der Waals surface area (Å²) in [4.78, 5) is 9.49. The molecule has 1 aliphatic rings. The van der Waals surface area contributed by atoms with Gasteiger partial charge in [0.05, 0.1) is 17.6 Å². The molecule has 2 aromatic heterocycles. The molecule has 3 aromatic rings. The van der Waals surface area contributed by atoms with Crippen molar-refractivity contribution in [3.8, 4) is 11.3 Å². The number of hydrogen-bond donors (Lipinski definition) is 0. The lowest BCUT2D eigenvalue weighted by Gasteiger charge is -2.43. The lowest BCUT2D eigenvalue weighted by atomic mass is 10.0. The van der Waals surface area contributed by atoms with Crippen LogP contribution in [0.4, 0.5) is 5.69 Å². The zero-order chi connectivity index (χ0) is 19.0. The molecule has 5 heteroatoms. The van der Waals surface area contributed by atoms with Crippen LogP contribution in [0.2, 0.25) is 0 Å². The summed E-state index contributed by atoms with van der Waals surface area (Å²) >= 11 is 0. The van der Waals surface area contributed by atoms with Gasteiger partial charge in [0.15, 0.2) is 5.65 Å². The van der Waals surface area contributed by atoms with Crippen LogP contribution in [0.15, 0.2) is 49.2 Å². The molecule has 27 heavy (non-hydrogen) atoms. The van der Waals surface area contributed by atoms with E-state index in [4.69, 9.17) is 0 Å². The van der Waals surface area contributed by atoms with E-state index in [2.05, 4.69) is 71.5 Å². The molecular formula is C22H27N5. The highest BCUT2D eigenvalue weighted by Gasteiger charge is 2.25. The molecular weight excluding hydrogens is 334 g/mol. The van der Waals surface area contributed by atoms with Crippen molar-refractivity contribution < 1.29 is 0 Å². The molecule has 0 unspecified atom stereocenters. The molecule has 0 N–H and O–H groups in total. The molecule has 1 saturated heterocycles. The number of imidazole rings is 1. The zero-order valence-electron chi connectivity index (χ0n) is 16.4. The van der Waals surface area contributed by atoms with Crippen molar-refractivity contribution in [2.75, 3.05) is 31.1 Å². The van der Waals surface area contributed by atoms with Crippen LogP contribution in [0, 0.1) is 0 Å². The van der Waals surface area contributed by atoms with Crippen molar-refractivity contribution in [3.63, 3.8) is 0 Å². The van der Waals surface area contributed by atoms with Gasteiger partial charge in [-0.3, -0.25) is 4.90 Å². The molecule has 1 aliphatic heterocycles. The molecule has 0 bridgehead atoms. The third-order valence-electron chi connectivity index (χ3n) is 5.35. The van der Waals surface area contributed by atoms with Crippen molar-refractivity contribution in [2.24, 2.45) is 0 Å². The van der Waals surface area contributed by atoms with Gasteiger partial charge in [-0.15, -0.1) is 0 Å². The Hall–Kier alpha value is -2.66. The van der Waals surface area contributed by atoms with Gasteiger partial charge in [0, 0.05) is 43.0 Å². The summed E-state index contributed by atoms with van der Waals surface area (Å²) in [5.41, 5.74) is 5.33. The van der Waals surface area contributed by atoms with Gasteiger partial charge in [-0.2, -0.15) is 5.10 Å². The number of benzene rings is 1. The third kappa shape index (κ3) is 3.47. The summed E-state index contributed by atoms with van der Waals surface area (Å²) in [5, 5.41) is 4.59. The van der Waals surface area contributed by atoms with E-state index >= 15 is 0 Å². The maximum Gasteiger partial charge on any atom is 0.154 e. The summed E-state index contributed by atoms with van der Waals surface area (Å²) in [7, 11) is 0. The zero-order valence-corrected chi connectivity index (χ0v) is 16.4. The normalized spacial score (nSPS) is 16.0. The minimum Gasteiger partial charge on any atom is -0.369 e. The first-order valence-corrected chi connectivity index (χ1v) is 9.53. The van der Waals surface area contributed by atoms with Crippen molar-refractivity contribution in [1.82, 2.24) is 19.5 Å². The summed E-state index contributed by atoms with van der Waals surface area (Å²) in [6.45, 7) is 15.0. The second-order valence-corrected chi connectivity index (χ2v) is 8.07. The Kier molecular flexibility index (Phi) is 4.48. The largest absolute Gasteiger partial charge is 0.369 e. The van der Waals surface area contributed by atoms with Crippen molar-refractivity contribution in [3.05, 3.63) is 54.9 Å². The van der Waals surface area contributed by atoms with E-state index < -0.39 is 0 Å². The number of piperazine rings is 1. The highest BCUT2D eigenvalue weighted by Crippen LogP contribution is 2.25. The van der Waals surface area contributed by atoms with E-state index in [1.165, 1.54) is 5.69 Å². The van der Waals surface area contributed by atoms with Crippen LogP contribution >= 0.6 is 0 Å². The number of aromatic nitrogens is 3. The van der Waals surface area contributed by atoms with E-state index in [0.717, 1.165) is 48.8 Å². The van der Waals surface area contributed by atoms with Crippen LogP contribution in [-0.4, -0.2) is 51.2 Å². The third-order valence-corrected chi connectivity index (χ3v) is 5.35. The maximum atomic E-state index is 4.59. The number of anilines is 1. The summed E-state index contributed by atoms with van der Waals surface area (Å²) in [6.07, 6.45) is 3.63. The lowest BCUT2D eigenvalue weighted by Crippen LogP contribution is -2.53. The van der Waals surface area contributed by atoms with Crippen LogP contribution < -0.4 is 4.90 Å². The predicted molar refractivity (Wildman–Crippen MR) is 112 cm³/mol. The smallest absolute Gasteiger partial charge is 0.154 e. The van der Waals surface area contributed by atoms with Crippen LogP contribution in [0.25, 0.3) is 23.0 Å². The van der Waals surface area contributed by atoms with Gasteiger partial charge in [-0.1, -0.05) is 18.7 Å². The van der Waals surface area contributed by atoms with E-state index in [1.54, 1.807) is 6.08 Å². The number of fused-ring (bicyclic) bond motifs is 1. The minimum absolute atomic E-state index is 0.246. The Labute approximate surface area is 160 Å². The molecule has 5 nitrogen and oxygen atoms in total. The van der Waals surface area contributed by atoms with Crippen molar-refractivity contribution in [2.45, 2.75) is 26.3 Å². The molecule has 0 spiro atoms. The van der Waals surface area contributed by atoms with Crippen LogP contribution in [0.1, 0.15) is 26.5 Å². The summed E-state index contributed by atoms with van der Waals surface area (Å²) in [6, 6.07) is 12.6. The van der Waals surface area contributed by atoms with Gasteiger partial charge in [0.25, 0.3) is 0 Å². The highest BCUT2D eigenvalue weighted by atomic mass is 15.3. The fourth-order valence-electron chi connectivity index (χ4n) is 3.67. The van der Waals surface area contributed by atoms with Crippen LogP contribution in [-0.2, 0) is 0 Å². The Morgan fingerprint density at radius 3 is 2.30 bits per heavy atom. The maximum absolute atomic E-state index is 4.59. The van der Waals surface area contributed by atoms with E-state index in [-0.39, 0.29) is 5.54 Å². The Balaban J connectivity index is 1.54. The summed E-state index contributed by atoms with van der Waals surface area (Å²) in [5.74, 6) is 0. The quantitative estimate of drug-likeness (QED) is 0.708. The average molecular weight is 361 g/mol. The van der Waals surface area contributed by atoms with Crippen LogP contribution in [0.3, 0.4) is 0 Å². The molecule has 3 heterocycles. The fourth-order valence-corrected chi connectivity index (χ4v) is 3.67. The molecule has 0 amide bonds. The number of nitrogens with zero attached hydrogens (tertiary/aromatic N) is 5. The first-order valence-electron chi connectivity index (χ1n) is 9.53. The first kappa shape index (κ1) is 17.7. The number of hydrogen-bond acceptors (Lipinski definition) is 4. The molecule has 0 aliphatic carbocycles. The van der Waals surface area contributed by atoms with Gasteiger partial charge in [0.1, 0.15) is 0 Å². The molecule has 1 aromatic carbocycles. The highest BCUT2D eigenvalue weighted by molar-refractivity contribution is 5.66. The molecule has 140 valence electrons. The molecule has 0 atom stereocenters. The standard InChI is InChI=1S/C22H27N5/c1-5-18-8-11-21-23-16-20(27(21)24-18)17-6-9-19(10-7-17)25-12-14-26(15-13-25)22(2,3)4/h5-11,16H,1,12-15H2,2-4H3. The van der Waals surface area contributed by atoms with E-state index in [0.29, 0.717) is 0 Å². The van der Waals surface area contributed by atoms with Gasteiger partial charge in [-0.25, -0.2) is 9.50 Å². The monoisotopic (exact) mass is 361 g/mol. The molecule has 1 fully saturated rings. The van der Waals surface area contributed by atoms with E-state index in [9.17, 15) is 0 Å². The van der Waals surface area contributed by atoms with Crippen molar-refractivity contribution in [1.29, 1.82) is 0 Å². The summed E-state index contributed by atoms with van der Waals surface area (Å²) < 4.78 is 1.88. The molecule has 0 saturated carbocycles. The number of rotatable bonds is 3. The Morgan fingerprint density at radius 1 is 0.963 bits per heavy atom. The fraction of sp³-hybridized carbons (Fsp3) is 0.364. The van der Waals surface area contributed by atoms with Gasteiger partial charge in [0.2, 0.25) is 0 Å². The average Bonchev–Trinajstić information content (AvgIpc) is 3.10. The Bertz CT molecular complexity index is 941. The Morgan fingerprint density at radius 2 is 1.67 bits per heavy atom. The molecule has 4 rings (SSSR count). The van der Waals surface area contributed by atoms with Crippen molar-refractivity contribution >= 4 is 17.4 Å².